The van der Waals surface area contributed by atoms with Crippen molar-refractivity contribution in [3.05, 3.63) is 40.9 Å². The number of carbonyl (C=O) groups excluding carboxylic acids is 1. The summed E-state index contributed by atoms with van der Waals surface area (Å²) >= 11 is 3.22. The summed E-state index contributed by atoms with van der Waals surface area (Å²) < 4.78 is 12.0. The monoisotopic (exact) mass is 407 g/mol. The van der Waals surface area contributed by atoms with Gasteiger partial charge in [0.05, 0.1) is 24.8 Å². The Morgan fingerprint density at radius 2 is 2.19 bits per heavy atom. The minimum atomic E-state index is -0.231. The topological polar surface area (TPSA) is 63.7 Å². The molecule has 0 saturated carbocycles. The van der Waals surface area contributed by atoms with Crippen molar-refractivity contribution in [3.63, 3.8) is 0 Å². The Morgan fingerprint density at radius 3 is 2.89 bits per heavy atom. The Labute approximate surface area is 168 Å². The van der Waals surface area contributed by atoms with Gasteiger partial charge in [-0.1, -0.05) is 23.9 Å². The van der Waals surface area contributed by atoms with Crippen LogP contribution in [0, 0.1) is 0 Å². The molecule has 0 radical (unpaired) electrons. The average molecular weight is 408 g/mol. The summed E-state index contributed by atoms with van der Waals surface area (Å²) in [4.78, 5) is 18.1. The highest BCUT2D eigenvalue weighted by Gasteiger charge is 2.26. The van der Waals surface area contributed by atoms with Gasteiger partial charge in [0.2, 0.25) is 0 Å². The smallest absolute Gasteiger partial charge is 0.311 e. The summed E-state index contributed by atoms with van der Waals surface area (Å²) in [7, 11) is 4.06. The second-order valence-corrected chi connectivity index (χ2v) is 8.56. The zero-order chi connectivity index (χ0) is 19.2. The van der Waals surface area contributed by atoms with Crippen molar-refractivity contribution in [1.29, 1.82) is 0 Å². The molecule has 0 bridgehead atoms. The van der Waals surface area contributed by atoms with Crippen LogP contribution in [0.25, 0.3) is 0 Å². The van der Waals surface area contributed by atoms with E-state index in [1.165, 1.54) is 5.69 Å². The number of benzene rings is 1. The van der Waals surface area contributed by atoms with Crippen molar-refractivity contribution in [1.82, 2.24) is 10.3 Å². The molecule has 1 aromatic carbocycles. The van der Waals surface area contributed by atoms with Crippen LogP contribution in [-0.2, 0) is 20.7 Å². The number of carbonyl (C=O) groups is 1. The molecule has 1 saturated heterocycles. The number of thiazole rings is 1. The number of hydrogen-bond acceptors (Lipinski definition) is 8. The maximum Gasteiger partial charge on any atom is 0.311 e. The number of rotatable bonds is 8. The standard InChI is InChI=1S/C19H25N3O3S2/c1-4-24-17(23)9-14-11-26-19(21-14)27-12-16-10-20-18(25-16)13-5-7-15(8-6-13)22(2)3/h5-8,11,16,18,20H,4,9-10,12H2,1-3H3/t16-,18-/m1/s1. The summed E-state index contributed by atoms with van der Waals surface area (Å²) in [5.74, 6) is 0.594. The first-order valence-corrected chi connectivity index (χ1v) is 10.8. The van der Waals surface area contributed by atoms with Crippen LogP contribution in [0.2, 0.25) is 0 Å². The zero-order valence-electron chi connectivity index (χ0n) is 15.8. The molecule has 2 heterocycles. The molecule has 3 rings (SSSR count). The average Bonchev–Trinajstić information content (AvgIpc) is 3.29. The number of esters is 1. The molecule has 8 heteroatoms. The zero-order valence-corrected chi connectivity index (χ0v) is 17.4. The predicted molar refractivity (Wildman–Crippen MR) is 110 cm³/mol. The molecule has 0 amide bonds. The van der Waals surface area contributed by atoms with E-state index in [0.717, 1.165) is 27.9 Å². The summed E-state index contributed by atoms with van der Waals surface area (Å²) in [5, 5.41) is 5.34. The van der Waals surface area contributed by atoms with Gasteiger partial charge in [-0.15, -0.1) is 11.3 Å². The van der Waals surface area contributed by atoms with Crippen LogP contribution in [0.1, 0.15) is 24.4 Å². The Morgan fingerprint density at radius 1 is 1.41 bits per heavy atom. The van der Waals surface area contributed by atoms with E-state index in [-0.39, 0.29) is 24.7 Å². The van der Waals surface area contributed by atoms with Gasteiger partial charge in [-0.3, -0.25) is 10.1 Å². The number of hydrogen-bond donors (Lipinski definition) is 1. The first-order valence-electron chi connectivity index (χ1n) is 8.94. The fourth-order valence-electron chi connectivity index (χ4n) is 2.73. The molecule has 2 aromatic rings. The van der Waals surface area contributed by atoms with E-state index < -0.39 is 0 Å². The van der Waals surface area contributed by atoms with E-state index in [1.807, 2.05) is 19.5 Å². The second kappa shape index (κ2) is 9.54. The fourth-order valence-corrected chi connectivity index (χ4v) is 4.60. The van der Waals surface area contributed by atoms with Crippen LogP contribution in [-0.4, -0.2) is 50.1 Å². The van der Waals surface area contributed by atoms with Gasteiger partial charge in [0.15, 0.2) is 0 Å². The van der Waals surface area contributed by atoms with Crippen molar-refractivity contribution in [2.24, 2.45) is 0 Å². The van der Waals surface area contributed by atoms with Crippen LogP contribution in [0.5, 0.6) is 0 Å². The molecule has 1 fully saturated rings. The molecular weight excluding hydrogens is 382 g/mol. The number of thioether (sulfide) groups is 1. The molecule has 0 unspecified atom stereocenters. The summed E-state index contributed by atoms with van der Waals surface area (Å²) in [6.07, 6.45) is 0.297. The SMILES string of the molecule is CCOC(=O)Cc1csc(SC[C@H]2CN[C@@H](c3ccc(N(C)C)cc3)O2)n1. The Hall–Kier alpha value is -1.61. The van der Waals surface area contributed by atoms with Crippen LogP contribution in [0.4, 0.5) is 5.69 Å². The first-order chi connectivity index (χ1) is 13.0. The highest BCUT2D eigenvalue weighted by atomic mass is 32.2. The highest BCUT2D eigenvalue weighted by Crippen LogP contribution is 2.29. The fraction of sp³-hybridized carbons (Fsp3) is 0.474. The van der Waals surface area contributed by atoms with Crippen molar-refractivity contribution >= 4 is 34.8 Å². The molecule has 0 spiro atoms. The number of ether oxygens (including phenoxy) is 2. The second-order valence-electron chi connectivity index (χ2n) is 6.43. The Kier molecular flexibility index (Phi) is 7.12. The van der Waals surface area contributed by atoms with E-state index in [9.17, 15) is 4.79 Å². The lowest BCUT2D eigenvalue weighted by molar-refractivity contribution is -0.142. The van der Waals surface area contributed by atoms with Gasteiger partial charge in [0.25, 0.3) is 0 Å². The quantitative estimate of drug-likeness (QED) is 0.533. The largest absolute Gasteiger partial charge is 0.466 e. The lowest BCUT2D eigenvalue weighted by Gasteiger charge is -2.16. The Bertz CT molecular complexity index is 749. The minimum Gasteiger partial charge on any atom is -0.466 e. The van der Waals surface area contributed by atoms with Crippen LogP contribution in [0.3, 0.4) is 0 Å². The van der Waals surface area contributed by atoms with Crippen molar-refractivity contribution in [2.45, 2.75) is 30.0 Å². The van der Waals surface area contributed by atoms with Crippen LogP contribution >= 0.6 is 23.1 Å². The number of nitrogens with zero attached hydrogens (tertiary/aromatic N) is 2. The number of anilines is 1. The van der Waals surface area contributed by atoms with Gasteiger partial charge < -0.3 is 14.4 Å². The van der Waals surface area contributed by atoms with E-state index in [1.54, 1.807) is 30.0 Å². The molecule has 6 nitrogen and oxygen atoms in total. The molecule has 146 valence electrons. The summed E-state index contributed by atoms with van der Waals surface area (Å²) in [6.45, 7) is 3.02. The van der Waals surface area contributed by atoms with Gasteiger partial charge in [-0.2, -0.15) is 0 Å². The third kappa shape index (κ3) is 5.68. The molecule has 1 aliphatic rings. The molecule has 1 aliphatic heterocycles. The van der Waals surface area contributed by atoms with Gasteiger partial charge >= 0.3 is 5.97 Å². The van der Waals surface area contributed by atoms with E-state index in [2.05, 4.69) is 39.5 Å². The van der Waals surface area contributed by atoms with Crippen molar-refractivity contribution in [3.8, 4) is 0 Å². The molecule has 0 aliphatic carbocycles. The highest BCUT2D eigenvalue weighted by molar-refractivity contribution is 8.01. The third-order valence-corrected chi connectivity index (χ3v) is 6.33. The van der Waals surface area contributed by atoms with Gasteiger partial charge in [0, 0.05) is 37.5 Å². The minimum absolute atomic E-state index is 0.0671. The normalized spacial score (nSPS) is 19.2. The maximum absolute atomic E-state index is 11.5. The van der Waals surface area contributed by atoms with Crippen molar-refractivity contribution < 1.29 is 14.3 Å². The van der Waals surface area contributed by atoms with Crippen LogP contribution < -0.4 is 10.2 Å². The lowest BCUT2D eigenvalue weighted by atomic mass is 10.2. The molecule has 1 N–H and O–H groups in total. The van der Waals surface area contributed by atoms with Gasteiger partial charge in [0.1, 0.15) is 10.6 Å². The van der Waals surface area contributed by atoms with E-state index in [0.29, 0.717) is 6.61 Å². The Balaban J connectivity index is 1.46. The van der Waals surface area contributed by atoms with Gasteiger partial charge in [-0.25, -0.2) is 4.98 Å². The molecule has 2 atom stereocenters. The third-order valence-electron chi connectivity index (χ3n) is 4.13. The number of aromatic nitrogens is 1. The molecule has 27 heavy (non-hydrogen) atoms. The van der Waals surface area contributed by atoms with Gasteiger partial charge in [-0.05, 0) is 24.6 Å². The first kappa shape index (κ1) is 20.1. The van der Waals surface area contributed by atoms with E-state index in [4.69, 9.17) is 9.47 Å². The van der Waals surface area contributed by atoms with Crippen molar-refractivity contribution in [2.75, 3.05) is 37.9 Å². The summed E-state index contributed by atoms with van der Waals surface area (Å²) in [5.41, 5.74) is 3.08. The van der Waals surface area contributed by atoms with E-state index >= 15 is 0 Å². The molecular formula is C19H25N3O3S2. The summed E-state index contributed by atoms with van der Waals surface area (Å²) in [6, 6.07) is 8.40. The van der Waals surface area contributed by atoms with Crippen LogP contribution in [0.15, 0.2) is 34.0 Å². The number of nitrogens with one attached hydrogen (secondary N) is 1. The molecule has 1 aromatic heterocycles. The maximum atomic E-state index is 11.5. The predicted octanol–water partition coefficient (Wildman–Crippen LogP) is 3.09. The lowest BCUT2D eigenvalue weighted by Crippen LogP contribution is -2.16.